The minimum atomic E-state index is -0.275. The zero-order chi connectivity index (χ0) is 15.4. The summed E-state index contributed by atoms with van der Waals surface area (Å²) in [6.45, 7) is 2.00. The molecule has 112 valence electrons. The topological polar surface area (TPSA) is 69.4 Å². The lowest BCUT2D eigenvalue weighted by atomic mass is 9.99. The molecule has 0 saturated carbocycles. The molecular formula is C15H18BrN3O2. The van der Waals surface area contributed by atoms with Crippen LogP contribution in [0, 0.1) is 6.92 Å². The summed E-state index contributed by atoms with van der Waals surface area (Å²) in [5.41, 5.74) is 5.60. The smallest absolute Gasteiger partial charge is 0.142 e. The third-order valence-electron chi connectivity index (χ3n) is 3.32. The van der Waals surface area contributed by atoms with Crippen molar-refractivity contribution >= 4 is 15.9 Å². The van der Waals surface area contributed by atoms with E-state index in [-0.39, 0.29) is 6.04 Å². The van der Waals surface area contributed by atoms with Crippen LogP contribution >= 0.6 is 15.9 Å². The molecule has 2 rings (SSSR count). The fourth-order valence-corrected chi connectivity index (χ4v) is 2.95. The lowest BCUT2D eigenvalue weighted by Crippen LogP contribution is -2.30. The van der Waals surface area contributed by atoms with Crippen molar-refractivity contribution in [1.29, 1.82) is 0 Å². The van der Waals surface area contributed by atoms with Crippen molar-refractivity contribution in [1.82, 2.24) is 10.4 Å². The summed E-state index contributed by atoms with van der Waals surface area (Å²) in [6.07, 6.45) is 1.75. The maximum absolute atomic E-state index is 5.76. The number of nitrogens with zero attached hydrogens (tertiary/aromatic N) is 1. The van der Waals surface area contributed by atoms with Crippen LogP contribution in [0.3, 0.4) is 0 Å². The van der Waals surface area contributed by atoms with Crippen LogP contribution in [0.4, 0.5) is 0 Å². The van der Waals surface area contributed by atoms with E-state index in [0.717, 1.165) is 21.3 Å². The van der Waals surface area contributed by atoms with E-state index in [1.54, 1.807) is 20.4 Å². The van der Waals surface area contributed by atoms with Crippen molar-refractivity contribution in [3.8, 4) is 11.5 Å². The van der Waals surface area contributed by atoms with Gasteiger partial charge in [-0.05, 0) is 46.6 Å². The molecule has 0 aliphatic heterocycles. The third kappa shape index (κ3) is 3.02. The quantitative estimate of drug-likeness (QED) is 0.640. The maximum Gasteiger partial charge on any atom is 0.142 e. The summed E-state index contributed by atoms with van der Waals surface area (Å²) in [5, 5.41) is 0. The fourth-order valence-electron chi connectivity index (χ4n) is 2.26. The number of rotatable bonds is 5. The minimum absolute atomic E-state index is 0.275. The number of ether oxygens (including phenoxy) is 2. The van der Waals surface area contributed by atoms with E-state index in [4.69, 9.17) is 15.3 Å². The van der Waals surface area contributed by atoms with Crippen LogP contribution < -0.4 is 20.7 Å². The highest BCUT2D eigenvalue weighted by Gasteiger charge is 2.23. The Kier molecular flexibility index (Phi) is 5.17. The first-order valence-electron chi connectivity index (χ1n) is 6.42. The molecular weight excluding hydrogens is 334 g/mol. The average Bonchev–Trinajstić information content (AvgIpc) is 2.50. The number of hydrogen-bond acceptors (Lipinski definition) is 5. The molecule has 5 nitrogen and oxygen atoms in total. The Morgan fingerprint density at radius 1 is 1.24 bits per heavy atom. The normalized spacial score (nSPS) is 12.0. The Hall–Kier alpha value is -1.63. The van der Waals surface area contributed by atoms with Gasteiger partial charge in [0.2, 0.25) is 0 Å². The van der Waals surface area contributed by atoms with Gasteiger partial charge < -0.3 is 9.47 Å². The maximum atomic E-state index is 5.76. The monoisotopic (exact) mass is 351 g/mol. The number of benzene rings is 1. The van der Waals surface area contributed by atoms with Crippen LogP contribution in [0.15, 0.2) is 34.9 Å². The van der Waals surface area contributed by atoms with Gasteiger partial charge in [0, 0.05) is 11.8 Å². The van der Waals surface area contributed by atoms with E-state index in [1.165, 1.54) is 0 Å². The van der Waals surface area contributed by atoms with Crippen LogP contribution in [0.1, 0.15) is 22.9 Å². The molecule has 0 saturated heterocycles. The Labute approximate surface area is 132 Å². The number of halogens is 1. The third-order valence-corrected chi connectivity index (χ3v) is 4.07. The molecule has 3 N–H and O–H groups in total. The number of nitrogens with two attached hydrogens (primary N) is 1. The van der Waals surface area contributed by atoms with Gasteiger partial charge in [0.15, 0.2) is 0 Å². The number of methoxy groups -OCH3 is 2. The molecule has 0 fully saturated rings. The van der Waals surface area contributed by atoms with Crippen molar-refractivity contribution in [3.05, 3.63) is 51.8 Å². The largest absolute Gasteiger partial charge is 0.495 e. The second-order valence-corrected chi connectivity index (χ2v) is 5.30. The molecule has 2 aromatic rings. The first kappa shape index (κ1) is 15.8. The van der Waals surface area contributed by atoms with E-state index < -0.39 is 0 Å². The molecule has 6 heteroatoms. The number of pyridine rings is 1. The second-order valence-electron chi connectivity index (χ2n) is 4.51. The molecule has 0 radical (unpaired) electrons. The number of aryl methyl sites for hydroxylation is 1. The van der Waals surface area contributed by atoms with E-state index >= 15 is 0 Å². The van der Waals surface area contributed by atoms with Gasteiger partial charge in [-0.15, -0.1) is 0 Å². The Morgan fingerprint density at radius 3 is 2.57 bits per heavy atom. The summed E-state index contributed by atoms with van der Waals surface area (Å²) in [6, 6.07) is 7.40. The van der Waals surface area contributed by atoms with Crippen molar-refractivity contribution in [2.75, 3.05) is 14.2 Å². The summed E-state index contributed by atoms with van der Waals surface area (Å²) < 4.78 is 11.6. The van der Waals surface area contributed by atoms with E-state index in [9.17, 15) is 0 Å². The molecule has 0 aliphatic rings. The first-order valence-corrected chi connectivity index (χ1v) is 7.21. The van der Waals surface area contributed by atoms with Crippen molar-refractivity contribution in [3.63, 3.8) is 0 Å². The number of hydrogen-bond donors (Lipinski definition) is 2. The van der Waals surface area contributed by atoms with E-state index in [0.29, 0.717) is 11.5 Å². The molecule has 0 amide bonds. The molecule has 1 unspecified atom stereocenters. The van der Waals surface area contributed by atoms with Gasteiger partial charge in [0.25, 0.3) is 0 Å². The summed E-state index contributed by atoms with van der Waals surface area (Å²) >= 11 is 3.50. The molecule has 1 heterocycles. The molecule has 21 heavy (non-hydrogen) atoms. The van der Waals surface area contributed by atoms with Gasteiger partial charge in [-0.1, -0.05) is 6.07 Å². The van der Waals surface area contributed by atoms with Crippen LogP contribution in [0.2, 0.25) is 0 Å². The van der Waals surface area contributed by atoms with Crippen molar-refractivity contribution in [2.45, 2.75) is 13.0 Å². The van der Waals surface area contributed by atoms with E-state index in [2.05, 4.69) is 26.3 Å². The lowest BCUT2D eigenvalue weighted by molar-refractivity contribution is 0.382. The highest BCUT2D eigenvalue weighted by molar-refractivity contribution is 9.10. The number of nitrogens with one attached hydrogen (secondary N) is 1. The molecule has 1 aromatic carbocycles. The number of aromatic nitrogens is 1. The fraction of sp³-hybridized carbons (Fsp3) is 0.267. The zero-order valence-electron chi connectivity index (χ0n) is 12.2. The molecule has 0 bridgehead atoms. The summed E-state index contributed by atoms with van der Waals surface area (Å²) in [7, 11) is 3.22. The molecule has 1 atom stereocenters. The zero-order valence-corrected chi connectivity index (χ0v) is 13.8. The first-order chi connectivity index (χ1) is 10.1. The van der Waals surface area contributed by atoms with Crippen LogP contribution in [-0.2, 0) is 0 Å². The standard InChI is InChI=1S/C15H18BrN3O2/c1-9-5-4-8-18-13(9)14(19-17)10-6-7-11(20-2)12(16)15(10)21-3/h4-8,14,19H,17H2,1-3H3. The Morgan fingerprint density at radius 2 is 2.00 bits per heavy atom. The predicted octanol–water partition coefficient (Wildman–Crippen LogP) is 2.72. The summed E-state index contributed by atoms with van der Waals surface area (Å²) in [4.78, 5) is 4.43. The minimum Gasteiger partial charge on any atom is -0.495 e. The Balaban J connectivity index is 2.58. The predicted molar refractivity (Wildman–Crippen MR) is 85.4 cm³/mol. The Bertz CT molecular complexity index is 634. The van der Waals surface area contributed by atoms with Gasteiger partial charge in [-0.25, -0.2) is 5.43 Å². The SMILES string of the molecule is COc1ccc(C(NN)c2ncccc2C)c(OC)c1Br. The van der Waals surface area contributed by atoms with Gasteiger partial charge >= 0.3 is 0 Å². The highest BCUT2D eigenvalue weighted by Crippen LogP contribution is 2.41. The van der Waals surface area contributed by atoms with Gasteiger partial charge in [0.1, 0.15) is 16.0 Å². The molecule has 0 aliphatic carbocycles. The van der Waals surface area contributed by atoms with Crippen LogP contribution in [0.5, 0.6) is 11.5 Å². The van der Waals surface area contributed by atoms with Crippen LogP contribution in [0.25, 0.3) is 0 Å². The molecule has 0 spiro atoms. The lowest BCUT2D eigenvalue weighted by Gasteiger charge is -2.21. The second kappa shape index (κ2) is 6.89. The van der Waals surface area contributed by atoms with Crippen molar-refractivity contribution < 1.29 is 9.47 Å². The van der Waals surface area contributed by atoms with Gasteiger partial charge in [-0.3, -0.25) is 10.8 Å². The summed E-state index contributed by atoms with van der Waals surface area (Å²) in [5.74, 6) is 7.12. The number of hydrazine groups is 1. The van der Waals surface area contributed by atoms with Crippen LogP contribution in [-0.4, -0.2) is 19.2 Å². The average molecular weight is 352 g/mol. The highest BCUT2D eigenvalue weighted by atomic mass is 79.9. The van der Waals surface area contributed by atoms with E-state index in [1.807, 2.05) is 31.2 Å². The van der Waals surface area contributed by atoms with Crippen molar-refractivity contribution in [2.24, 2.45) is 5.84 Å². The van der Waals surface area contributed by atoms with Gasteiger partial charge in [-0.2, -0.15) is 0 Å². The molecule has 1 aromatic heterocycles. The van der Waals surface area contributed by atoms with Gasteiger partial charge in [0.05, 0.1) is 26.0 Å².